The number of carbonyl (C=O) groups excluding carboxylic acids is 2. The zero-order chi connectivity index (χ0) is 22.9. The van der Waals surface area contributed by atoms with E-state index in [1.807, 2.05) is 62.4 Å². The Morgan fingerprint density at radius 3 is 2.34 bits per heavy atom. The van der Waals surface area contributed by atoms with Crippen LogP contribution in [0.1, 0.15) is 23.1 Å². The number of imide groups is 1. The lowest BCUT2D eigenvalue weighted by Gasteiger charge is -2.33. The molecule has 0 bridgehead atoms. The van der Waals surface area contributed by atoms with Crippen molar-refractivity contribution in [1.29, 1.82) is 0 Å². The van der Waals surface area contributed by atoms with Crippen LogP contribution >= 0.6 is 0 Å². The van der Waals surface area contributed by atoms with E-state index in [-0.39, 0.29) is 18.2 Å². The summed E-state index contributed by atoms with van der Waals surface area (Å²) in [6.07, 6.45) is 1.75. The van der Waals surface area contributed by atoms with Gasteiger partial charge in [0, 0.05) is 5.41 Å². The highest BCUT2D eigenvalue weighted by molar-refractivity contribution is 7.92. The minimum atomic E-state index is -3.54. The van der Waals surface area contributed by atoms with Gasteiger partial charge in [-0.3, -0.25) is 9.59 Å². The molecule has 2 amide bonds. The van der Waals surface area contributed by atoms with E-state index >= 15 is 0 Å². The van der Waals surface area contributed by atoms with Gasteiger partial charge in [0.15, 0.2) is 6.04 Å². The summed E-state index contributed by atoms with van der Waals surface area (Å²) >= 11 is 0. The largest absolute Gasteiger partial charge is 0.322 e. The maximum Gasteiger partial charge on any atom is 0.292 e. The molecule has 2 aliphatic heterocycles. The molecular weight excluding hydrogens is 426 g/mol. The van der Waals surface area contributed by atoms with E-state index in [1.54, 1.807) is 6.08 Å². The van der Waals surface area contributed by atoms with Gasteiger partial charge in [-0.15, -0.1) is 0 Å². The van der Waals surface area contributed by atoms with E-state index in [2.05, 4.69) is 0 Å². The fourth-order valence-corrected chi connectivity index (χ4v) is 5.64. The molecule has 2 aliphatic rings. The summed E-state index contributed by atoms with van der Waals surface area (Å²) in [5, 5.41) is 1.24. The molecule has 1 atom stereocenters. The summed E-state index contributed by atoms with van der Waals surface area (Å²) < 4.78 is 26.9. The van der Waals surface area contributed by atoms with Crippen molar-refractivity contribution < 1.29 is 22.9 Å². The highest BCUT2D eigenvalue weighted by Gasteiger charge is 2.47. The molecule has 7 nitrogen and oxygen atoms in total. The number of amides is 2. The molecule has 32 heavy (non-hydrogen) atoms. The average Bonchev–Trinajstić information content (AvgIpc) is 3.07. The molecule has 0 spiro atoms. The SMILES string of the molecule is Cc1ccc(N2C(=O)C[C@@H]([NH+]3CCN(S(=O)(=O)/C=C/c4ccccc4)CC3)C2=O)c(C)c1. The van der Waals surface area contributed by atoms with Crippen LogP contribution in [-0.4, -0.2) is 56.8 Å². The van der Waals surface area contributed by atoms with E-state index in [0.29, 0.717) is 31.9 Å². The number of quaternary nitrogens is 1. The minimum absolute atomic E-state index is 0.155. The Morgan fingerprint density at radius 1 is 1.00 bits per heavy atom. The summed E-state index contributed by atoms with van der Waals surface area (Å²) in [5.41, 5.74) is 3.43. The van der Waals surface area contributed by atoms with E-state index in [1.165, 1.54) is 14.6 Å². The zero-order valence-corrected chi connectivity index (χ0v) is 19.1. The van der Waals surface area contributed by atoms with Crippen molar-refractivity contribution in [3.05, 3.63) is 70.6 Å². The summed E-state index contributed by atoms with van der Waals surface area (Å²) in [7, 11) is -3.54. The van der Waals surface area contributed by atoms with Gasteiger partial charge in [0.25, 0.3) is 5.91 Å². The van der Waals surface area contributed by atoms with E-state index in [9.17, 15) is 18.0 Å². The number of anilines is 1. The van der Waals surface area contributed by atoms with Crippen molar-refractivity contribution in [3.63, 3.8) is 0 Å². The standard InChI is InChI=1S/C24H27N3O4S/c1-18-8-9-21(19(2)16-18)27-23(28)17-22(24(27)29)25-11-13-26(14-12-25)32(30,31)15-10-20-6-4-3-5-7-20/h3-10,15-16,22H,11-14,17H2,1-2H3/p+1/b15-10+/t22-/m1/s1. The Kier molecular flexibility index (Phi) is 6.28. The first kappa shape index (κ1) is 22.4. The number of nitrogens with one attached hydrogen (secondary N) is 1. The van der Waals surface area contributed by atoms with Crippen LogP contribution in [0, 0.1) is 13.8 Å². The van der Waals surface area contributed by atoms with Gasteiger partial charge in [0.05, 0.1) is 38.3 Å². The van der Waals surface area contributed by atoms with Crippen molar-refractivity contribution in [1.82, 2.24) is 4.31 Å². The van der Waals surface area contributed by atoms with Crippen molar-refractivity contribution in [3.8, 4) is 0 Å². The first-order chi connectivity index (χ1) is 15.3. The second kappa shape index (κ2) is 8.97. The van der Waals surface area contributed by atoms with Gasteiger partial charge in [0.2, 0.25) is 15.9 Å². The second-order valence-corrected chi connectivity index (χ2v) is 10.2. The number of carbonyl (C=O) groups is 2. The van der Waals surface area contributed by atoms with Crippen LogP contribution in [-0.2, 0) is 19.6 Å². The molecule has 2 heterocycles. The summed E-state index contributed by atoms with van der Waals surface area (Å²) in [6, 6.07) is 14.5. The van der Waals surface area contributed by atoms with Crippen LogP contribution in [0.2, 0.25) is 0 Å². The normalized spacial score (nSPS) is 21.1. The number of piperazine rings is 1. The molecule has 2 saturated heterocycles. The number of nitrogens with zero attached hydrogens (tertiary/aromatic N) is 2. The van der Waals surface area contributed by atoms with Crippen molar-refractivity contribution in [2.45, 2.75) is 26.3 Å². The molecule has 168 valence electrons. The quantitative estimate of drug-likeness (QED) is 0.688. The number of hydrogen-bond acceptors (Lipinski definition) is 4. The molecule has 1 N–H and O–H groups in total. The number of aryl methyl sites for hydroxylation is 2. The van der Waals surface area contributed by atoms with Crippen molar-refractivity contribution in [2.75, 3.05) is 31.1 Å². The Bertz CT molecular complexity index is 1150. The van der Waals surface area contributed by atoms with Gasteiger partial charge in [-0.2, -0.15) is 4.31 Å². The maximum absolute atomic E-state index is 13.1. The van der Waals surface area contributed by atoms with E-state index in [0.717, 1.165) is 21.6 Å². The van der Waals surface area contributed by atoms with Gasteiger partial charge < -0.3 is 4.90 Å². The number of hydrogen-bond donors (Lipinski definition) is 1. The van der Waals surface area contributed by atoms with Gasteiger partial charge in [-0.1, -0.05) is 48.0 Å². The van der Waals surface area contributed by atoms with E-state index < -0.39 is 16.1 Å². The van der Waals surface area contributed by atoms with Crippen LogP contribution < -0.4 is 9.80 Å². The molecule has 2 aromatic rings. The van der Waals surface area contributed by atoms with Crippen molar-refractivity contribution >= 4 is 33.6 Å². The van der Waals surface area contributed by atoms with Crippen LogP contribution in [0.15, 0.2) is 53.9 Å². The second-order valence-electron chi connectivity index (χ2n) is 8.43. The Hall–Kier alpha value is -2.81. The smallest absolute Gasteiger partial charge is 0.292 e. The monoisotopic (exact) mass is 454 g/mol. The highest BCUT2D eigenvalue weighted by Crippen LogP contribution is 2.26. The van der Waals surface area contributed by atoms with E-state index in [4.69, 9.17) is 0 Å². The lowest BCUT2D eigenvalue weighted by atomic mass is 10.1. The molecule has 0 unspecified atom stereocenters. The molecule has 4 rings (SSSR count). The van der Waals surface area contributed by atoms with Gasteiger partial charge in [0.1, 0.15) is 0 Å². The third-order valence-corrected chi connectivity index (χ3v) is 7.75. The summed E-state index contributed by atoms with van der Waals surface area (Å²) in [6.45, 7) is 5.48. The van der Waals surface area contributed by atoms with Crippen molar-refractivity contribution in [2.24, 2.45) is 0 Å². The number of rotatable bonds is 5. The molecule has 2 fully saturated rings. The van der Waals surface area contributed by atoms with Crippen LogP contribution in [0.5, 0.6) is 0 Å². The first-order valence-electron chi connectivity index (χ1n) is 10.8. The van der Waals surface area contributed by atoms with Gasteiger partial charge in [-0.05, 0) is 37.1 Å². The molecule has 0 radical (unpaired) electrons. The third-order valence-electron chi connectivity index (χ3n) is 6.19. The fraction of sp³-hybridized carbons (Fsp3) is 0.333. The lowest BCUT2D eigenvalue weighted by molar-refractivity contribution is -0.918. The lowest BCUT2D eigenvalue weighted by Crippen LogP contribution is -3.19. The third kappa shape index (κ3) is 4.53. The van der Waals surface area contributed by atoms with Gasteiger partial charge >= 0.3 is 0 Å². The Morgan fingerprint density at radius 2 is 1.69 bits per heavy atom. The predicted octanol–water partition coefficient (Wildman–Crippen LogP) is 1.14. The minimum Gasteiger partial charge on any atom is -0.322 e. The first-order valence-corrected chi connectivity index (χ1v) is 12.3. The molecule has 2 aromatic carbocycles. The number of benzene rings is 2. The zero-order valence-electron chi connectivity index (χ0n) is 18.3. The van der Waals surface area contributed by atoms with Crippen LogP contribution in [0.4, 0.5) is 5.69 Å². The Labute approximate surface area is 189 Å². The Balaban J connectivity index is 1.41. The average molecular weight is 455 g/mol. The predicted molar refractivity (Wildman–Crippen MR) is 123 cm³/mol. The molecule has 0 aromatic heterocycles. The molecule has 0 saturated carbocycles. The number of sulfonamides is 1. The summed E-state index contributed by atoms with van der Waals surface area (Å²) in [5.74, 6) is -0.391. The topological polar surface area (TPSA) is 79.2 Å². The van der Waals surface area contributed by atoms with Crippen LogP contribution in [0.3, 0.4) is 0 Å². The van der Waals surface area contributed by atoms with Gasteiger partial charge in [-0.25, -0.2) is 13.3 Å². The molecule has 0 aliphatic carbocycles. The van der Waals surface area contributed by atoms with Crippen LogP contribution in [0.25, 0.3) is 6.08 Å². The molecule has 8 heteroatoms. The fourth-order valence-electron chi connectivity index (χ4n) is 4.45. The highest BCUT2D eigenvalue weighted by atomic mass is 32.2. The summed E-state index contributed by atoms with van der Waals surface area (Å²) in [4.78, 5) is 28.1. The maximum atomic E-state index is 13.1. The molecular formula is C24H28N3O4S+.